The van der Waals surface area contributed by atoms with Gasteiger partial charge in [-0.2, -0.15) is 0 Å². The van der Waals surface area contributed by atoms with Crippen LogP contribution in [0.15, 0.2) is 78.4 Å². The lowest BCUT2D eigenvalue weighted by Gasteiger charge is -2.67. The molecule has 0 aromatic heterocycles. The minimum Gasteiger partial charge on any atom is -0.458 e. The standard InChI is InChI=1S/C37H44O8/c1-24(44-31(39)15-14-25-10-6-4-7-11-25)35(41)20-21-37(43)34(35,3)30(45-32(40)26-12-8-5-9-13-26)23-29-33(2)18-17-28(38)22-27(33)16-19-36(29,37)42/h4-16,24,28-30,38,41-43H,17-23H2,1-3H3/t24-,28-,29-,30+,33-,34-,35+,36+,37+/m0/s1. The second-order valence-electron chi connectivity index (χ2n) is 14.0. The van der Waals surface area contributed by atoms with Crippen molar-refractivity contribution >= 4 is 18.0 Å². The van der Waals surface area contributed by atoms with Gasteiger partial charge in [-0.15, -0.1) is 0 Å². The van der Waals surface area contributed by atoms with Gasteiger partial charge in [-0.1, -0.05) is 74.0 Å². The second-order valence-corrected chi connectivity index (χ2v) is 14.0. The highest BCUT2D eigenvalue weighted by atomic mass is 16.6. The highest BCUT2D eigenvalue weighted by Gasteiger charge is 2.81. The molecule has 2 aromatic carbocycles. The third-order valence-electron chi connectivity index (χ3n) is 12.1. The molecule has 0 aliphatic heterocycles. The molecule has 0 spiro atoms. The molecule has 0 saturated heterocycles. The van der Waals surface area contributed by atoms with Gasteiger partial charge in [0.25, 0.3) is 0 Å². The van der Waals surface area contributed by atoms with Crippen molar-refractivity contribution in [3.63, 3.8) is 0 Å². The zero-order valence-electron chi connectivity index (χ0n) is 26.2. The summed E-state index contributed by atoms with van der Waals surface area (Å²) in [7, 11) is 0. The molecule has 3 saturated carbocycles. The highest BCUT2D eigenvalue weighted by Crippen LogP contribution is 2.71. The van der Waals surface area contributed by atoms with E-state index in [1.807, 2.05) is 36.4 Å². The van der Waals surface area contributed by atoms with Crippen molar-refractivity contribution in [1.82, 2.24) is 0 Å². The molecule has 3 fully saturated rings. The molecule has 0 bridgehead atoms. The quantitative estimate of drug-likeness (QED) is 0.208. The molecular weight excluding hydrogens is 572 g/mol. The van der Waals surface area contributed by atoms with E-state index in [4.69, 9.17) is 9.47 Å². The molecular formula is C37H44O8. The Labute approximate surface area is 264 Å². The second kappa shape index (κ2) is 11.2. The zero-order chi connectivity index (χ0) is 32.3. The molecule has 9 atom stereocenters. The highest BCUT2D eigenvalue weighted by molar-refractivity contribution is 5.89. The zero-order valence-corrected chi connectivity index (χ0v) is 26.2. The van der Waals surface area contributed by atoms with Gasteiger partial charge in [-0.3, -0.25) is 0 Å². The fraction of sp³-hybridized carbons (Fsp3) is 0.514. The van der Waals surface area contributed by atoms with E-state index in [0.29, 0.717) is 24.8 Å². The fourth-order valence-electron chi connectivity index (χ4n) is 9.30. The first-order chi connectivity index (χ1) is 21.3. The average molecular weight is 617 g/mol. The molecule has 0 unspecified atom stereocenters. The summed E-state index contributed by atoms with van der Waals surface area (Å²) in [6.07, 6.45) is 4.22. The van der Waals surface area contributed by atoms with Crippen molar-refractivity contribution in [3.05, 3.63) is 89.5 Å². The van der Waals surface area contributed by atoms with Crippen LogP contribution in [0.25, 0.3) is 6.08 Å². The van der Waals surface area contributed by atoms with Gasteiger partial charge in [-0.05, 0) is 81.1 Å². The SMILES string of the molecule is C[C@H](OC(=O)C=Cc1ccccc1)[C@]1(O)CC[C@@]2(O)[C@@]1(C)[C@H](OC(=O)c1ccccc1)C[C@H]1[C@@]3(C)CC[C@H](O)CC3=CC[C@@]12O. The smallest absolute Gasteiger partial charge is 0.338 e. The van der Waals surface area contributed by atoms with E-state index in [2.05, 4.69) is 6.92 Å². The number of rotatable bonds is 6. The molecule has 0 heterocycles. The van der Waals surface area contributed by atoms with Crippen molar-refractivity contribution in [1.29, 1.82) is 0 Å². The molecule has 8 heteroatoms. The number of fused-ring (bicyclic) bond motifs is 5. The number of hydrogen-bond acceptors (Lipinski definition) is 8. The number of aliphatic hydroxyl groups is 4. The van der Waals surface area contributed by atoms with E-state index in [-0.39, 0.29) is 25.7 Å². The predicted molar refractivity (Wildman–Crippen MR) is 168 cm³/mol. The first kappa shape index (κ1) is 31.7. The summed E-state index contributed by atoms with van der Waals surface area (Å²) >= 11 is 0. The Kier molecular flexibility index (Phi) is 7.88. The number of aliphatic hydroxyl groups excluding tert-OH is 1. The lowest BCUT2D eigenvalue weighted by molar-refractivity contribution is -0.324. The Bertz CT molecular complexity index is 1500. The van der Waals surface area contributed by atoms with Crippen LogP contribution in [0.2, 0.25) is 0 Å². The number of carbonyl (C=O) groups excluding carboxylic acids is 2. The lowest BCUT2D eigenvalue weighted by atomic mass is 9.42. The van der Waals surface area contributed by atoms with Gasteiger partial charge in [0, 0.05) is 12.0 Å². The number of hydrogen-bond donors (Lipinski definition) is 4. The summed E-state index contributed by atoms with van der Waals surface area (Å²) in [4.78, 5) is 26.6. The summed E-state index contributed by atoms with van der Waals surface area (Å²) < 4.78 is 12.1. The van der Waals surface area contributed by atoms with Crippen LogP contribution in [-0.2, 0) is 14.3 Å². The van der Waals surface area contributed by atoms with Crippen LogP contribution in [-0.4, -0.2) is 67.5 Å². The Morgan fingerprint density at radius 3 is 2.31 bits per heavy atom. The molecule has 4 aliphatic carbocycles. The van der Waals surface area contributed by atoms with Crippen LogP contribution in [0.4, 0.5) is 0 Å². The number of esters is 2. The summed E-state index contributed by atoms with van der Waals surface area (Å²) in [6.45, 7) is 5.31. The number of benzene rings is 2. The van der Waals surface area contributed by atoms with Crippen molar-refractivity contribution in [2.24, 2.45) is 16.7 Å². The van der Waals surface area contributed by atoms with Gasteiger partial charge in [-0.25, -0.2) is 9.59 Å². The monoisotopic (exact) mass is 616 g/mol. The van der Waals surface area contributed by atoms with Gasteiger partial charge in [0.05, 0.1) is 17.1 Å². The minimum absolute atomic E-state index is 0.00993. The lowest BCUT2D eigenvalue weighted by Crippen LogP contribution is -2.78. The van der Waals surface area contributed by atoms with E-state index in [0.717, 1.165) is 11.1 Å². The third-order valence-corrected chi connectivity index (χ3v) is 12.1. The summed E-state index contributed by atoms with van der Waals surface area (Å²) in [6, 6.07) is 17.8. The van der Waals surface area contributed by atoms with Gasteiger partial charge in [0.15, 0.2) is 0 Å². The van der Waals surface area contributed by atoms with Crippen molar-refractivity contribution in [3.8, 4) is 0 Å². The molecule has 4 N–H and O–H groups in total. The molecule has 6 rings (SSSR count). The normalized spacial score (nSPS) is 39.6. The van der Waals surface area contributed by atoms with Crippen LogP contribution >= 0.6 is 0 Å². The molecule has 8 nitrogen and oxygen atoms in total. The van der Waals surface area contributed by atoms with E-state index in [9.17, 15) is 30.0 Å². The Morgan fingerprint density at radius 1 is 0.956 bits per heavy atom. The first-order valence-corrected chi connectivity index (χ1v) is 16.0. The van der Waals surface area contributed by atoms with E-state index < -0.39 is 63.8 Å². The largest absolute Gasteiger partial charge is 0.458 e. The maximum Gasteiger partial charge on any atom is 0.338 e. The van der Waals surface area contributed by atoms with Crippen LogP contribution in [0, 0.1) is 16.7 Å². The van der Waals surface area contributed by atoms with Gasteiger partial charge >= 0.3 is 11.9 Å². The van der Waals surface area contributed by atoms with Crippen LogP contribution in [0.5, 0.6) is 0 Å². The number of carbonyl (C=O) groups is 2. The average Bonchev–Trinajstić information content (AvgIpc) is 3.26. The van der Waals surface area contributed by atoms with Crippen molar-refractivity contribution in [2.75, 3.05) is 0 Å². The summed E-state index contributed by atoms with van der Waals surface area (Å²) in [5.74, 6) is -1.78. The van der Waals surface area contributed by atoms with E-state index in [1.54, 1.807) is 50.3 Å². The topological polar surface area (TPSA) is 134 Å². The van der Waals surface area contributed by atoms with Gasteiger partial charge in [0.2, 0.25) is 0 Å². The Balaban J connectivity index is 1.39. The summed E-state index contributed by atoms with van der Waals surface area (Å²) in [5, 5.41) is 48.6. The first-order valence-electron chi connectivity index (χ1n) is 16.0. The maximum atomic E-state index is 13.6. The number of ether oxygens (including phenoxy) is 2. The van der Waals surface area contributed by atoms with Crippen LogP contribution < -0.4 is 0 Å². The maximum absolute atomic E-state index is 13.6. The molecule has 240 valence electrons. The third kappa shape index (κ3) is 4.72. The molecule has 2 aromatic rings. The molecule has 0 amide bonds. The van der Waals surface area contributed by atoms with Crippen LogP contribution in [0.3, 0.4) is 0 Å². The van der Waals surface area contributed by atoms with Crippen molar-refractivity contribution in [2.45, 2.75) is 101 Å². The van der Waals surface area contributed by atoms with E-state index >= 15 is 0 Å². The summed E-state index contributed by atoms with van der Waals surface area (Å²) in [5.41, 5.74) is -5.42. The molecule has 0 radical (unpaired) electrons. The van der Waals surface area contributed by atoms with Gasteiger partial charge < -0.3 is 29.9 Å². The minimum atomic E-state index is -1.90. The van der Waals surface area contributed by atoms with Crippen molar-refractivity contribution < 1.29 is 39.5 Å². The van der Waals surface area contributed by atoms with E-state index in [1.165, 1.54) is 6.08 Å². The van der Waals surface area contributed by atoms with Gasteiger partial charge in [0.1, 0.15) is 29.0 Å². The Morgan fingerprint density at radius 2 is 1.62 bits per heavy atom. The fourth-order valence-corrected chi connectivity index (χ4v) is 9.30. The predicted octanol–water partition coefficient (Wildman–Crippen LogP) is 4.75. The van der Waals surface area contributed by atoms with Crippen LogP contribution in [0.1, 0.15) is 81.6 Å². The molecule has 4 aliphatic rings. The Hall–Kier alpha value is -3.30. The molecule has 45 heavy (non-hydrogen) atoms.